The smallest absolute Gasteiger partial charge is 0.150 e. The molecule has 1 aromatic rings. The summed E-state index contributed by atoms with van der Waals surface area (Å²) in [5.41, 5.74) is 0. The highest BCUT2D eigenvalue weighted by atomic mass is 127. The Balaban J connectivity index is 2.43. The molecule has 3 heteroatoms. The topological polar surface area (TPSA) is 29.5 Å². The van der Waals surface area contributed by atoms with Gasteiger partial charge in [-0.25, -0.2) is 0 Å². The van der Waals surface area contributed by atoms with Gasteiger partial charge in [-0.1, -0.05) is 18.1 Å². The maximum atomic E-state index is 8.36. The predicted octanol–water partition coefficient (Wildman–Crippen LogP) is 1.67. The molecule has 0 aliphatic heterocycles. The third kappa shape index (κ3) is 4.73. The Bertz CT molecular complexity index is 432. The van der Waals surface area contributed by atoms with E-state index in [1.54, 1.807) is 0 Å². The van der Waals surface area contributed by atoms with Crippen LogP contribution in [0.3, 0.4) is 0 Å². The van der Waals surface area contributed by atoms with Crippen LogP contribution in [0.5, 0.6) is 5.75 Å². The van der Waals surface area contributed by atoms with Crippen LogP contribution in [-0.4, -0.2) is 18.3 Å². The lowest BCUT2D eigenvalue weighted by Gasteiger charge is -2.02. The summed E-state index contributed by atoms with van der Waals surface area (Å²) in [6.45, 7) is 0.145. The zero-order chi connectivity index (χ0) is 10.9. The number of para-hydroxylation sites is 1. The van der Waals surface area contributed by atoms with Crippen molar-refractivity contribution in [3.8, 4) is 29.4 Å². The fourth-order valence-electron chi connectivity index (χ4n) is 0.840. The Morgan fingerprint density at radius 1 is 1.20 bits per heavy atom. The summed E-state index contributed by atoms with van der Waals surface area (Å²) in [6.07, 6.45) is 0. The second-order valence-corrected chi connectivity index (χ2v) is 3.64. The summed E-state index contributed by atoms with van der Waals surface area (Å²) in [6, 6.07) is 7.72. The zero-order valence-electron chi connectivity index (χ0n) is 7.96. The lowest BCUT2D eigenvalue weighted by molar-refractivity contribution is 0.350. The van der Waals surface area contributed by atoms with E-state index < -0.39 is 0 Å². The lowest BCUT2D eigenvalue weighted by Crippen LogP contribution is -1.95. The molecule has 0 fully saturated rings. The van der Waals surface area contributed by atoms with Crippen molar-refractivity contribution in [3.05, 3.63) is 27.8 Å². The van der Waals surface area contributed by atoms with Gasteiger partial charge in [-0.3, -0.25) is 0 Å². The first-order valence-electron chi connectivity index (χ1n) is 4.28. The first kappa shape index (κ1) is 11.9. The van der Waals surface area contributed by atoms with Crippen LogP contribution in [0.15, 0.2) is 24.3 Å². The SMILES string of the molecule is OCC#CC#CCOc1ccccc1I. The molecule has 0 aromatic heterocycles. The molecule has 0 atom stereocenters. The minimum absolute atomic E-state index is 0.161. The molecule has 0 amide bonds. The summed E-state index contributed by atoms with van der Waals surface area (Å²) in [5.74, 6) is 11.1. The van der Waals surface area contributed by atoms with Crippen LogP contribution in [-0.2, 0) is 0 Å². The van der Waals surface area contributed by atoms with Crippen molar-refractivity contribution in [3.63, 3.8) is 0 Å². The predicted molar refractivity (Wildman–Crippen MR) is 67.3 cm³/mol. The molecule has 0 aliphatic carbocycles. The Morgan fingerprint density at radius 3 is 2.67 bits per heavy atom. The van der Waals surface area contributed by atoms with Crippen LogP contribution in [0.2, 0.25) is 0 Å². The number of halogens is 1. The van der Waals surface area contributed by atoms with E-state index in [1.165, 1.54) is 0 Å². The molecular weight excluding hydrogens is 303 g/mol. The van der Waals surface area contributed by atoms with Crippen LogP contribution in [0.25, 0.3) is 0 Å². The van der Waals surface area contributed by atoms with Gasteiger partial charge in [0, 0.05) is 0 Å². The molecule has 0 aliphatic rings. The molecule has 0 bridgehead atoms. The summed E-state index contributed by atoms with van der Waals surface area (Å²) < 4.78 is 6.46. The van der Waals surface area contributed by atoms with Gasteiger partial charge in [-0.2, -0.15) is 0 Å². The number of ether oxygens (including phenoxy) is 1. The maximum absolute atomic E-state index is 8.36. The number of hydrogen-bond acceptors (Lipinski definition) is 2. The highest BCUT2D eigenvalue weighted by molar-refractivity contribution is 14.1. The molecule has 1 rings (SSSR count). The van der Waals surface area contributed by atoms with Gasteiger partial charge in [-0.05, 0) is 52.5 Å². The Morgan fingerprint density at radius 2 is 1.93 bits per heavy atom. The first-order chi connectivity index (χ1) is 7.34. The fraction of sp³-hybridized carbons (Fsp3) is 0.167. The first-order valence-corrected chi connectivity index (χ1v) is 5.36. The Kier molecular flexibility index (Phi) is 5.69. The maximum Gasteiger partial charge on any atom is 0.150 e. The van der Waals surface area contributed by atoms with E-state index in [-0.39, 0.29) is 6.61 Å². The Labute approximate surface area is 103 Å². The van der Waals surface area contributed by atoms with Gasteiger partial charge in [0.15, 0.2) is 0 Å². The van der Waals surface area contributed by atoms with E-state index in [1.807, 2.05) is 24.3 Å². The van der Waals surface area contributed by atoms with Crippen LogP contribution >= 0.6 is 22.6 Å². The average molecular weight is 312 g/mol. The minimum atomic E-state index is -0.161. The van der Waals surface area contributed by atoms with Crippen LogP contribution in [0.4, 0.5) is 0 Å². The van der Waals surface area contributed by atoms with Gasteiger partial charge in [0.05, 0.1) is 3.57 Å². The molecule has 1 aromatic carbocycles. The molecule has 0 saturated carbocycles. The standard InChI is InChI=1S/C12H9IO2/c13-11-7-3-4-8-12(11)15-10-6-2-1-5-9-14/h3-4,7-8,14H,9-10H2. The number of rotatable bonds is 2. The highest BCUT2D eigenvalue weighted by Gasteiger charge is 1.95. The molecule has 2 nitrogen and oxygen atoms in total. The zero-order valence-corrected chi connectivity index (χ0v) is 10.1. The van der Waals surface area contributed by atoms with Gasteiger partial charge < -0.3 is 9.84 Å². The second kappa shape index (κ2) is 7.17. The number of aliphatic hydroxyl groups is 1. The van der Waals surface area contributed by atoms with Gasteiger partial charge in [-0.15, -0.1) is 0 Å². The average Bonchev–Trinajstić information content (AvgIpc) is 2.25. The number of aliphatic hydroxyl groups excluding tert-OH is 1. The number of hydrogen-bond donors (Lipinski definition) is 1. The molecule has 0 spiro atoms. The minimum Gasteiger partial charge on any atom is -0.480 e. The lowest BCUT2D eigenvalue weighted by atomic mass is 10.3. The van der Waals surface area contributed by atoms with Gasteiger partial charge >= 0.3 is 0 Å². The molecule has 0 saturated heterocycles. The van der Waals surface area contributed by atoms with Crippen LogP contribution in [0, 0.1) is 27.3 Å². The van der Waals surface area contributed by atoms with Crippen LogP contribution < -0.4 is 4.74 Å². The summed E-state index contributed by atoms with van der Waals surface area (Å²) in [5, 5.41) is 8.36. The monoisotopic (exact) mass is 312 g/mol. The summed E-state index contributed by atoms with van der Waals surface area (Å²) in [7, 11) is 0. The van der Waals surface area contributed by atoms with E-state index >= 15 is 0 Å². The van der Waals surface area contributed by atoms with Crippen molar-refractivity contribution in [2.24, 2.45) is 0 Å². The summed E-state index contributed by atoms with van der Waals surface area (Å²) >= 11 is 2.20. The third-order valence-electron chi connectivity index (χ3n) is 1.45. The van der Waals surface area contributed by atoms with E-state index in [2.05, 4.69) is 46.3 Å². The molecule has 0 radical (unpaired) electrons. The quantitative estimate of drug-likeness (QED) is 0.665. The molecule has 76 valence electrons. The molecule has 1 N–H and O–H groups in total. The van der Waals surface area contributed by atoms with Gasteiger partial charge in [0.1, 0.15) is 19.0 Å². The van der Waals surface area contributed by atoms with E-state index in [4.69, 9.17) is 9.84 Å². The van der Waals surface area contributed by atoms with Crippen LogP contribution in [0.1, 0.15) is 0 Å². The van der Waals surface area contributed by atoms with Crippen molar-refractivity contribution in [1.82, 2.24) is 0 Å². The second-order valence-electron chi connectivity index (χ2n) is 2.48. The van der Waals surface area contributed by atoms with Crippen molar-refractivity contribution in [2.45, 2.75) is 0 Å². The van der Waals surface area contributed by atoms with Gasteiger partial charge in [0.2, 0.25) is 0 Å². The highest BCUT2D eigenvalue weighted by Crippen LogP contribution is 2.19. The van der Waals surface area contributed by atoms with E-state index in [9.17, 15) is 0 Å². The number of benzene rings is 1. The third-order valence-corrected chi connectivity index (χ3v) is 2.35. The molecule has 0 unspecified atom stereocenters. The normalized spacial score (nSPS) is 8.13. The van der Waals surface area contributed by atoms with E-state index in [0.717, 1.165) is 9.32 Å². The molecule has 0 heterocycles. The van der Waals surface area contributed by atoms with Crippen molar-refractivity contribution in [1.29, 1.82) is 0 Å². The van der Waals surface area contributed by atoms with E-state index in [0.29, 0.717) is 6.61 Å². The summed E-state index contributed by atoms with van der Waals surface area (Å²) in [4.78, 5) is 0. The Hall–Kier alpha value is -1.17. The molecular formula is C12H9IO2. The molecule has 15 heavy (non-hydrogen) atoms. The largest absolute Gasteiger partial charge is 0.480 e. The fourth-order valence-corrected chi connectivity index (χ4v) is 1.38. The van der Waals surface area contributed by atoms with Gasteiger partial charge in [0.25, 0.3) is 0 Å². The van der Waals surface area contributed by atoms with Crippen molar-refractivity contribution < 1.29 is 9.84 Å². The van der Waals surface area contributed by atoms with Crippen molar-refractivity contribution in [2.75, 3.05) is 13.2 Å². The van der Waals surface area contributed by atoms with Crippen molar-refractivity contribution >= 4 is 22.6 Å².